The number of carbonyl (C=O) groups is 1. The zero-order valence-corrected chi connectivity index (χ0v) is 16.4. The fraction of sp³-hybridized carbons (Fsp3) is 0.400. The fourth-order valence-corrected chi connectivity index (χ4v) is 3.36. The lowest BCUT2D eigenvalue weighted by atomic mass is 10.1. The van der Waals surface area contributed by atoms with Crippen molar-refractivity contribution in [3.8, 4) is 11.3 Å². The molecule has 1 fully saturated rings. The molecule has 2 aromatic rings. The van der Waals surface area contributed by atoms with Crippen LogP contribution >= 0.6 is 0 Å². The highest BCUT2D eigenvalue weighted by Gasteiger charge is 2.31. The summed E-state index contributed by atoms with van der Waals surface area (Å²) >= 11 is 0. The van der Waals surface area contributed by atoms with Gasteiger partial charge in [-0.1, -0.05) is 24.2 Å². The molecule has 8 nitrogen and oxygen atoms in total. The summed E-state index contributed by atoms with van der Waals surface area (Å²) in [6.45, 7) is 6.26. The number of rotatable bonds is 3. The van der Waals surface area contributed by atoms with E-state index in [-0.39, 0.29) is 17.8 Å². The van der Waals surface area contributed by atoms with E-state index < -0.39 is 6.23 Å². The molecule has 1 aromatic heterocycles. The number of halogens is 1. The molecule has 2 atom stereocenters. The lowest BCUT2D eigenvalue weighted by molar-refractivity contribution is 0.0426. The Kier molecular flexibility index (Phi) is 5.28. The molecule has 2 aliphatic rings. The lowest BCUT2D eigenvalue weighted by Crippen LogP contribution is -2.54. The minimum Gasteiger partial charge on any atom is -0.370 e. The third-order valence-corrected chi connectivity index (χ3v) is 5.35. The van der Waals surface area contributed by atoms with Gasteiger partial charge in [-0.3, -0.25) is 5.32 Å². The zero-order chi connectivity index (χ0) is 20.4. The number of piperazine rings is 1. The van der Waals surface area contributed by atoms with Gasteiger partial charge in [0.25, 0.3) is 0 Å². The van der Waals surface area contributed by atoms with E-state index in [1.54, 1.807) is 11.0 Å². The van der Waals surface area contributed by atoms with E-state index in [0.29, 0.717) is 37.4 Å². The van der Waals surface area contributed by atoms with Crippen LogP contribution in [0.25, 0.3) is 11.3 Å². The Bertz CT molecular complexity index is 929. The maximum atomic E-state index is 13.5. The Morgan fingerprint density at radius 2 is 2.00 bits per heavy atom. The Hall–Kier alpha value is -3.23. The van der Waals surface area contributed by atoms with Crippen molar-refractivity contribution in [1.29, 1.82) is 0 Å². The van der Waals surface area contributed by atoms with E-state index in [0.717, 1.165) is 11.5 Å². The third-order valence-electron chi connectivity index (χ3n) is 5.35. The van der Waals surface area contributed by atoms with Crippen molar-refractivity contribution < 1.29 is 14.0 Å². The average molecular weight is 398 g/mol. The van der Waals surface area contributed by atoms with Crippen LogP contribution in [0.5, 0.6) is 0 Å². The van der Waals surface area contributed by atoms with Gasteiger partial charge in [0.1, 0.15) is 18.0 Å². The maximum absolute atomic E-state index is 13.5. The molecule has 29 heavy (non-hydrogen) atoms. The number of hydrogen-bond donors (Lipinski definition) is 1. The number of nitrogens with one attached hydrogen (secondary N) is 1. The first-order valence-corrected chi connectivity index (χ1v) is 9.60. The van der Waals surface area contributed by atoms with Crippen molar-refractivity contribution in [2.24, 2.45) is 11.1 Å². The number of amides is 2. The number of benzene rings is 1. The molecular weight excluding hydrogens is 375 g/mol. The normalized spacial score (nSPS) is 21.6. The Morgan fingerprint density at radius 3 is 2.69 bits per heavy atom. The van der Waals surface area contributed by atoms with Gasteiger partial charge in [0.05, 0.1) is 17.3 Å². The van der Waals surface area contributed by atoms with Crippen molar-refractivity contribution in [2.75, 3.05) is 31.1 Å². The lowest BCUT2D eigenvalue weighted by Gasteiger charge is -2.35. The number of oxime groups is 1. The number of nitrogens with zero attached hydrogens (tertiary/aromatic N) is 5. The van der Waals surface area contributed by atoms with Crippen molar-refractivity contribution in [2.45, 2.75) is 20.1 Å². The largest absolute Gasteiger partial charge is 0.370 e. The molecule has 9 heteroatoms. The molecule has 0 saturated carbocycles. The summed E-state index contributed by atoms with van der Waals surface area (Å²) in [5.74, 6) is 0.516. The first-order valence-electron chi connectivity index (χ1n) is 9.60. The van der Waals surface area contributed by atoms with Gasteiger partial charge < -0.3 is 14.6 Å². The van der Waals surface area contributed by atoms with Crippen LogP contribution in [-0.4, -0.2) is 59.0 Å². The zero-order valence-electron chi connectivity index (χ0n) is 16.4. The van der Waals surface area contributed by atoms with Crippen LogP contribution in [-0.2, 0) is 4.84 Å². The molecule has 1 saturated heterocycles. The molecule has 0 bridgehead atoms. The maximum Gasteiger partial charge on any atom is 0.320 e. The van der Waals surface area contributed by atoms with Gasteiger partial charge in [-0.25, -0.2) is 19.2 Å². The molecule has 2 amide bonds. The second kappa shape index (κ2) is 8.02. The number of urea groups is 1. The highest BCUT2D eigenvalue weighted by molar-refractivity contribution is 5.86. The van der Waals surface area contributed by atoms with Crippen LogP contribution in [0.1, 0.15) is 13.8 Å². The smallest absolute Gasteiger partial charge is 0.320 e. The minimum absolute atomic E-state index is 0.0579. The van der Waals surface area contributed by atoms with Crippen molar-refractivity contribution in [3.05, 3.63) is 42.5 Å². The van der Waals surface area contributed by atoms with Gasteiger partial charge in [0.2, 0.25) is 6.23 Å². The molecule has 2 aliphatic heterocycles. The average Bonchev–Trinajstić information content (AvgIpc) is 3.06. The molecule has 3 heterocycles. The number of carbonyl (C=O) groups excluding carboxylic acids is 1. The molecular formula is C20H23FN6O2. The fourth-order valence-electron chi connectivity index (χ4n) is 3.36. The predicted molar refractivity (Wildman–Crippen MR) is 107 cm³/mol. The standard InChI is InChI=1S/C20H23FN6O2/c1-13-14(2)25-29-19(13)24-20(28)27-8-6-26(7-9-27)18-11-17(22-12-23-18)15-4-3-5-16(21)10-15/h3-5,10-13,19H,6-9H2,1-2H3,(H,24,28). The van der Waals surface area contributed by atoms with E-state index in [1.165, 1.54) is 18.5 Å². The summed E-state index contributed by atoms with van der Waals surface area (Å²) in [6, 6.07) is 8.01. The molecule has 4 rings (SSSR count). The number of anilines is 1. The van der Waals surface area contributed by atoms with Gasteiger partial charge >= 0.3 is 6.03 Å². The second-order valence-corrected chi connectivity index (χ2v) is 7.24. The minimum atomic E-state index is -0.420. The van der Waals surface area contributed by atoms with E-state index in [2.05, 4.69) is 25.3 Å². The molecule has 1 aromatic carbocycles. The molecule has 1 N–H and O–H groups in total. The van der Waals surface area contributed by atoms with Crippen LogP contribution < -0.4 is 10.2 Å². The summed E-state index contributed by atoms with van der Waals surface area (Å²) in [5.41, 5.74) is 2.24. The van der Waals surface area contributed by atoms with Crippen LogP contribution in [0.2, 0.25) is 0 Å². The van der Waals surface area contributed by atoms with Crippen molar-refractivity contribution in [3.63, 3.8) is 0 Å². The van der Waals surface area contributed by atoms with Crippen LogP contribution in [0.4, 0.5) is 15.0 Å². The predicted octanol–water partition coefficient (Wildman–Crippen LogP) is 2.48. The third kappa shape index (κ3) is 4.13. The van der Waals surface area contributed by atoms with Crippen LogP contribution in [0.3, 0.4) is 0 Å². The second-order valence-electron chi connectivity index (χ2n) is 7.24. The molecule has 2 unspecified atom stereocenters. The van der Waals surface area contributed by atoms with Gasteiger partial charge in [-0.2, -0.15) is 0 Å². The summed E-state index contributed by atoms with van der Waals surface area (Å²) < 4.78 is 13.5. The van der Waals surface area contributed by atoms with Crippen molar-refractivity contribution >= 4 is 17.6 Å². The molecule has 0 aliphatic carbocycles. The quantitative estimate of drug-likeness (QED) is 0.859. The van der Waals surface area contributed by atoms with Gasteiger partial charge in [-0.05, 0) is 19.1 Å². The van der Waals surface area contributed by atoms with Gasteiger partial charge in [0.15, 0.2) is 0 Å². The molecule has 152 valence electrons. The van der Waals surface area contributed by atoms with E-state index in [9.17, 15) is 9.18 Å². The summed E-state index contributed by atoms with van der Waals surface area (Å²) in [5, 5.41) is 6.81. The summed E-state index contributed by atoms with van der Waals surface area (Å²) in [4.78, 5) is 30.3. The summed E-state index contributed by atoms with van der Waals surface area (Å²) in [6.07, 6.45) is 1.06. The molecule has 0 spiro atoms. The van der Waals surface area contributed by atoms with Gasteiger partial charge in [0, 0.05) is 37.8 Å². The summed E-state index contributed by atoms with van der Waals surface area (Å²) in [7, 11) is 0. The van der Waals surface area contributed by atoms with Crippen molar-refractivity contribution in [1.82, 2.24) is 20.2 Å². The van der Waals surface area contributed by atoms with E-state index in [1.807, 2.05) is 26.0 Å². The van der Waals surface area contributed by atoms with E-state index in [4.69, 9.17) is 4.84 Å². The van der Waals surface area contributed by atoms with E-state index >= 15 is 0 Å². The van der Waals surface area contributed by atoms with Crippen LogP contribution in [0.15, 0.2) is 41.8 Å². The van der Waals surface area contributed by atoms with Crippen LogP contribution in [0, 0.1) is 11.7 Å². The molecule has 0 radical (unpaired) electrons. The Morgan fingerprint density at radius 1 is 1.21 bits per heavy atom. The number of aromatic nitrogens is 2. The first-order chi connectivity index (χ1) is 14.0. The number of hydrogen-bond acceptors (Lipinski definition) is 6. The highest BCUT2D eigenvalue weighted by atomic mass is 19.1. The highest BCUT2D eigenvalue weighted by Crippen LogP contribution is 2.22. The topological polar surface area (TPSA) is 83.0 Å². The SMILES string of the molecule is CC1=NOC(NC(=O)N2CCN(c3cc(-c4cccc(F)c4)ncn3)CC2)C1C. The Labute approximate surface area is 168 Å². The monoisotopic (exact) mass is 398 g/mol. The van der Waals surface area contributed by atoms with Gasteiger partial charge in [-0.15, -0.1) is 0 Å². The Balaban J connectivity index is 1.36. The first kappa shape index (κ1) is 19.1.